The van der Waals surface area contributed by atoms with Gasteiger partial charge in [0.05, 0.1) is 0 Å². The van der Waals surface area contributed by atoms with Crippen LogP contribution in [0.15, 0.2) is 212 Å². The summed E-state index contributed by atoms with van der Waals surface area (Å²) in [5.41, 5.74) is 0. The first kappa shape index (κ1) is 114. The van der Waals surface area contributed by atoms with E-state index in [0.29, 0.717) is 0 Å². The predicted molar refractivity (Wildman–Crippen MR) is 687 cm³/mol. The third kappa shape index (κ3) is 24.5. The Bertz CT molecular complexity index is 6030. The van der Waals surface area contributed by atoms with Gasteiger partial charge in [0.2, 0.25) is 0 Å². The molecule has 15 heterocycles. The van der Waals surface area contributed by atoms with Gasteiger partial charge in [-0.3, -0.25) is 0 Å². The minimum atomic E-state index is -2.61. The Morgan fingerprint density at radius 3 is 0.633 bits per heavy atom. The zero-order chi connectivity index (χ0) is 104. The molecule has 0 saturated heterocycles. The molecule has 5 atom stereocenters. The molecule has 20 rings (SSSR count). The molecule has 0 fully saturated rings. The third-order valence-electron chi connectivity index (χ3n) is 34.0. The van der Waals surface area contributed by atoms with E-state index in [1.54, 1.807) is 124 Å². The number of rotatable bonds is 47. The molecule has 147 heavy (non-hydrogen) atoms. The summed E-state index contributed by atoms with van der Waals surface area (Å²) in [5, 5.41) is 21.8. The molecule has 782 valence electrons. The van der Waals surface area contributed by atoms with Crippen molar-refractivity contribution in [2.24, 2.45) is 29.6 Å². The van der Waals surface area contributed by atoms with Gasteiger partial charge in [-0.25, -0.2) is 0 Å². The van der Waals surface area contributed by atoms with Crippen molar-refractivity contribution in [1.82, 2.24) is 0 Å². The Balaban J connectivity index is 0.000000132. The molecule has 0 bridgehead atoms. The van der Waals surface area contributed by atoms with Gasteiger partial charge in [0.15, 0.2) is 32.3 Å². The molecule has 5 aliphatic heterocycles. The molecule has 5 aromatic carbocycles. The van der Waals surface area contributed by atoms with Gasteiger partial charge in [-0.2, -0.15) is 0 Å². The first-order chi connectivity index (χ1) is 71.5. The minimum Gasteiger partial charge on any atom is -0.140 e. The van der Waals surface area contributed by atoms with E-state index in [1.165, 1.54) is 284 Å². The van der Waals surface area contributed by atoms with Crippen molar-refractivity contribution in [2.75, 3.05) is 0 Å². The van der Waals surface area contributed by atoms with Gasteiger partial charge in [-0.05, 0) is 214 Å². The van der Waals surface area contributed by atoms with Crippen molar-refractivity contribution < 1.29 is 0 Å². The summed E-state index contributed by atoms with van der Waals surface area (Å²) in [6.07, 6.45) is 44.0. The molecule has 5 aliphatic rings. The largest absolute Gasteiger partial charge is 0.152 e. The van der Waals surface area contributed by atoms with Crippen molar-refractivity contribution in [2.45, 2.75) is 373 Å². The van der Waals surface area contributed by atoms with Crippen LogP contribution < -0.4 is 75.4 Å². The maximum Gasteiger partial charge on any atom is 0.152 e. The van der Waals surface area contributed by atoms with Gasteiger partial charge in [0.1, 0.15) is 0 Å². The molecule has 0 amide bonds. The first-order valence-corrected chi connectivity index (χ1v) is 79.5. The number of hydrogen-bond acceptors (Lipinski definition) is 10. The van der Waals surface area contributed by atoms with Crippen LogP contribution in [-0.2, 0) is 0 Å². The van der Waals surface area contributed by atoms with Crippen LogP contribution in [0.2, 0.25) is 29.4 Å². The number of unbranched alkanes of at least 4 members (excludes halogenated alkanes) is 15. The number of fused-ring (bicyclic) bond motifs is 15. The molecule has 15 aromatic rings. The molecule has 0 aliphatic carbocycles. The number of aryl methyl sites for hydroxylation is 10. The van der Waals surface area contributed by atoms with E-state index in [2.05, 4.69) is 373 Å². The number of thiophene rings is 10. The van der Waals surface area contributed by atoms with E-state index in [0.717, 1.165) is 29.6 Å². The quantitative estimate of drug-likeness (QED) is 0.0263. The Labute approximate surface area is 937 Å². The molecule has 0 nitrogen and oxygen atoms in total. The van der Waals surface area contributed by atoms with Gasteiger partial charge >= 0.3 is 176 Å². The van der Waals surface area contributed by atoms with Crippen LogP contribution >= 0.6 is 113 Å². The van der Waals surface area contributed by atoms with Crippen LogP contribution in [0, 0.1) is 98.8 Å². The van der Waals surface area contributed by atoms with Crippen LogP contribution in [0.25, 0.3) is 48.8 Å². The molecule has 0 radical (unpaired) electrons. The van der Waals surface area contributed by atoms with Crippen LogP contribution in [0.3, 0.4) is 0 Å². The van der Waals surface area contributed by atoms with E-state index in [-0.39, 0.29) is 0 Å². The van der Waals surface area contributed by atoms with Crippen molar-refractivity contribution in [1.29, 1.82) is 0 Å². The Morgan fingerprint density at radius 1 is 0.197 bits per heavy atom. The monoisotopic (exact) mass is 2260 g/mol. The molecule has 0 N–H and O–H groups in total. The Morgan fingerprint density at radius 2 is 0.388 bits per heavy atom. The molecule has 0 spiro atoms. The fourth-order valence-corrected chi connectivity index (χ4v) is 81.2. The molecular formula is C132H174GeS10Si4. The number of benzene rings is 5. The van der Waals surface area contributed by atoms with Gasteiger partial charge in [-0.1, -0.05) is 357 Å². The van der Waals surface area contributed by atoms with Gasteiger partial charge in [0, 0.05) is 78.0 Å². The summed E-state index contributed by atoms with van der Waals surface area (Å²) < 4.78 is 5.20. The summed E-state index contributed by atoms with van der Waals surface area (Å²) >= 11 is 17.8. The van der Waals surface area contributed by atoms with Crippen LogP contribution in [0.4, 0.5) is 0 Å². The van der Waals surface area contributed by atoms with E-state index in [1.807, 2.05) is 90.7 Å². The molecular weight excluding hydrogens is 2090 g/mol. The maximum absolute atomic E-state index is 2.61. The average Bonchev–Trinajstić information content (AvgIpc) is 1.56. The van der Waals surface area contributed by atoms with Crippen LogP contribution in [-0.4, -0.2) is 45.6 Å². The van der Waals surface area contributed by atoms with E-state index in [4.69, 9.17) is 0 Å². The van der Waals surface area contributed by atoms with E-state index in [9.17, 15) is 0 Å². The van der Waals surface area contributed by atoms with Crippen molar-refractivity contribution in [3.05, 3.63) is 261 Å². The zero-order valence-electron chi connectivity index (χ0n) is 93.3. The topological polar surface area (TPSA) is 0 Å². The summed E-state index contributed by atoms with van der Waals surface area (Å²) in [4.78, 5) is 31.0. The fourth-order valence-electron chi connectivity index (χ4n) is 26.7. The molecule has 5 unspecified atom stereocenters. The van der Waals surface area contributed by atoms with E-state index < -0.39 is 45.6 Å². The SMILES string of the molecule is CCCCC(CC)C[Si]1(c2ccccc2)c2cc(C)sc2-c2sc(C)cc21.CCCCC(CC)C[Si]1(c2ccccc2)c2cc(C)sc2-c2sc(C)cc21.CCCCC(CC)[CH2][Ge]1([c]2ccccc2)[c]2cc(C)sc2-c2sc(C)c[c]21.CCCCCCC(CCCC)C[Si]1(c2ccccc2)c2cc(C)sc2-c2sc(C)cc21.CCCCCCCCC(CCCCCC)C[Si]1(c2ccccc2)c2cc(C)sc2-c2sc(C)cc21. The van der Waals surface area contributed by atoms with Crippen LogP contribution in [0.5, 0.6) is 0 Å². The first-order valence-electron chi connectivity index (χ1n) is 57.9. The normalized spacial score (nSPS) is 15.3. The standard InChI is InChI=1S/C32H46S2Si.C28H38S2Si.C24H30GeS2.2C24H30S2Si/c1-5-7-9-11-12-15-19-27(18-14-10-8-6-2)24-35(28-20-16-13-17-21-28)29-22-25(3)33-31(29)32-30(35)23-26(4)34-32;1-5-7-9-11-15-23(14-8-6-2)20-31(24-16-12-10-13-17-24)25-18-21(3)29-27(25)28-26(31)19-22(4)30-28;1-5-7-11-19(6-2)16-25(20-12-9-8-10-13-20)21-14-17(3)26-23(21)24-22(25)15-18(4)27-24;2*1-5-7-11-19(6-2)16-27(20-12-9-8-10-13-20)21-14-17(3)25-23(21)24-22(27)15-18(4)26-24/h13,16-17,20-23,27H,5-12,14-15,18-19,24H2,1-4H3;10,12-13,16-19,23H,5-9,11,14-15,20H2,1-4H3;3*8-10,12-15,19H,5-7,11,16H2,1-4H3. The number of hydrogen-bond donors (Lipinski definition) is 0. The zero-order valence-corrected chi connectivity index (χ0v) is 108. The van der Waals surface area contributed by atoms with Gasteiger partial charge in [-0.15, -0.1) is 90.7 Å². The van der Waals surface area contributed by atoms with Crippen LogP contribution in [0.1, 0.15) is 323 Å². The fraction of sp³-hybridized carbons (Fsp3) is 0.470. The average molecular weight is 2270 g/mol. The second-order valence-electron chi connectivity index (χ2n) is 44.8. The van der Waals surface area contributed by atoms with E-state index >= 15 is 0 Å². The van der Waals surface area contributed by atoms with Crippen molar-refractivity contribution >= 4 is 234 Å². The summed E-state index contributed by atoms with van der Waals surface area (Å²) in [5.74, 6) is 4.21. The predicted octanol–water partition coefficient (Wildman–Crippen LogP) is 35.1. The molecule has 0 saturated carbocycles. The smallest absolute Gasteiger partial charge is 0.140 e. The minimum absolute atomic E-state index is 0.830. The van der Waals surface area contributed by atoms with Crippen molar-refractivity contribution in [3.63, 3.8) is 0 Å². The summed E-state index contributed by atoms with van der Waals surface area (Å²) in [6.45, 7) is 46.6. The Kier molecular flexibility index (Phi) is 41.4. The summed E-state index contributed by atoms with van der Waals surface area (Å²) in [7, 11) is -7.81. The summed E-state index contributed by atoms with van der Waals surface area (Å²) in [6, 6.07) is 89.4. The molecule has 10 aromatic heterocycles. The molecule has 15 heteroatoms. The van der Waals surface area contributed by atoms with Gasteiger partial charge in [0.25, 0.3) is 0 Å². The second-order valence-corrected chi connectivity index (χ2v) is 80.9. The Hall–Kier alpha value is -5.49. The maximum atomic E-state index is 2.60. The van der Waals surface area contributed by atoms with Crippen molar-refractivity contribution in [3.8, 4) is 48.8 Å². The third-order valence-corrected chi connectivity index (χ3v) is 78.8. The second kappa shape index (κ2) is 53.3. The van der Waals surface area contributed by atoms with Gasteiger partial charge < -0.3 is 0 Å².